The van der Waals surface area contributed by atoms with Gasteiger partial charge in [0.2, 0.25) is 5.91 Å². The summed E-state index contributed by atoms with van der Waals surface area (Å²) >= 11 is 0. The van der Waals surface area contributed by atoms with E-state index in [-0.39, 0.29) is 68.0 Å². The second kappa shape index (κ2) is 32.0. The first kappa shape index (κ1) is 66.4. The molecule has 67 heavy (non-hydrogen) atoms. The van der Waals surface area contributed by atoms with Crippen LogP contribution in [0.4, 0.5) is 9.59 Å². The van der Waals surface area contributed by atoms with Crippen molar-refractivity contribution in [1.82, 2.24) is 20.0 Å². The van der Waals surface area contributed by atoms with Gasteiger partial charge in [-0.3, -0.25) is 19.4 Å². The Labute approximate surface area is 409 Å². The lowest BCUT2D eigenvalue weighted by Crippen LogP contribution is -2.55. The average Bonchev–Trinajstić information content (AvgIpc) is 3.19. The Morgan fingerprint density at radius 2 is 0.940 bits per heavy atom. The van der Waals surface area contributed by atoms with Gasteiger partial charge in [0.1, 0.15) is 48.6 Å². The molecule has 2 rings (SSSR count). The smallest absolute Gasteiger partial charge is 0.410 e. The minimum Gasteiger partial charge on any atom is -0.480 e. The van der Waals surface area contributed by atoms with Gasteiger partial charge in [0.05, 0.1) is 0 Å². The van der Waals surface area contributed by atoms with E-state index in [1.54, 1.807) is 62.7 Å². The molecule has 0 radical (unpaired) electrons. The Bertz CT molecular complexity index is 1750. The number of nitrogens with zero attached hydrogens (tertiary/aromatic N) is 3. The van der Waals surface area contributed by atoms with Crippen molar-refractivity contribution in [3.63, 3.8) is 0 Å². The Morgan fingerprint density at radius 1 is 0.582 bits per heavy atom. The van der Waals surface area contributed by atoms with Crippen LogP contribution in [0.15, 0.2) is 60.7 Å². The Kier molecular flexibility index (Phi) is 31.7. The molecule has 2 aromatic rings. The number of hydrogen-bond acceptors (Lipinski definition) is 11. The fourth-order valence-corrected chi connectivity index (χ4v) is 6.27. The van der Waals surface area contributed by atoms with Crippen LogP contribution in [0.2, 0.25) is 0 Å². The SMILES string of the molecule is C.CC(C)C[C@@H](C(=O)N(C)[C@H](C(=O)OCc1ccccc1)C(C)C)N(C)C(=O)OC(C)(C)C.CC(C)C[C@@H](C(=O)O)N(C)C(=O)OC(C)(C)C.CN[C@H](C(=O)OCc1ccccc1)C(C)C.Cl. The van der Waals surface area contributed by atoms with Crippen LogP contribution in [-0.4, -0.2) is 119 Å². The van der Waals surface area contributed by atoms with Crippen LogP contribution < -0.4 is 5.32 Å². The first-order chi connectivity index (χ1) is 29.9. The van der Waals surface area contributed by atoms with E-state index in [0.717, 1.165) is 16.0 Å². The van der Waals surface area contributed by atoms with E-state index in [4.69, 9.17) is 24.1 Å². The summed E-state index contributed by atoms with van der Waals surface area (Å²) in [4.78, 5) is 77.5. The van der Waals surface area contributed by atoms with Crippen LogP contribution in [0.3, 0.4) is 0 Å². The summed E-state index contributed by atoms with van der Waals surface area (Å²) in [7, 11) is 6.38. The number of carboxylic acid groups (broad SMARTS) is 1. The van der Waals surface area contributed by atoms with E-state index < -0.39 is 53.5 Å². The van der Waals surface area contributed by atoms with Crippen LogP contribution in [0.1, 0.15) is 128 Å². The maximum atomic E-state index is 13.5. The zero-order valence-electron chi connectivity index (χ0n) is 43.0. The predicted molar refractivity (Wildman–Crippen MR) is 268 cm³/mol. The molecule has 16 heteroatoms. The van der Waals surface area contributed by atoms with Crippen molar-refractivity contribution in [2.24, 2.45) is 23.7 Å². The number of benzene rings is 2. The third-order valence-corrected chi connectivity index (χ3v) is 9.57. The number of esters is 2. The summed E-state index contributed by atoms with van der Waals surface area (Å²) in [6.45, 7) is 26.6. The Hall–Kier alpha value is -4.89. The van der Waals surface area contributed by atoms with Gasteiger partial charge in [-0.25, -0.2) is 19.2 Å². The van der Waals surface area contributed by atoms with Crippen LogP contribution in [0, 0.1) is 23.7 Å². The number of carbonyl (C=O) groups excluding carboxylic acids is 5. The standard InChI is InChI=1S/C25H40N2O5.C13H19NO2.C12H23NO4.CH4.ClH/c1-17(2)15-20(26(8)24(30)32-25(5,6)7)22(28)27(9)21(18(3)4)23(29)31-16-19-13-11-10-12-14-19;1-10(2)12(14-3)13(15)16-9-11-7-5-4-6-8-11;1-8(2)7-9(10(14)15)13(6)11(16)17-12(3,4)5;;/h10-14,17-18,20-21H,15-16H2,1-9H3;4-8,10,12,14H,9H2,1-3H3;8-9H,7H2,1-6H3,(H,14,15);1H4;1H/t20-,21-;12-;9-;;/m000../s1. The molecular weight excluding hydrogens is 880 g/mol. The Morgan fingerprint density at radius 3 is 1.25 bits per heavy atom. The summed E-state index contributed by atoms with van der Waals surface area (Å²) in [6.07, 6.45) is -0.323. The van der Waals surface area contributed by atoms with Crippen molar-refractivity contribution in [2.75, 3.05) is 28.2 Å². The van der Waals surface area contributed by atoms with Crippen molar-refractivity contribution in [3.8, 4) is 0 Å². The van der Waals surface area contributed by atoms with Crippen molar-refractivity contribution in [2.45, 2.75) is 166 Å². The van der Waals surface area contributed by atoms with Crippen LogP contribution in [0.25, 0.3) is 0 Å². The van der Waals surface area contributed by atoms with Gasteiger partial charge in [-0.05, 0) is 96.2 Å². The molecule has 0 heterocycles. The molecule has 0 spiro atoms. The molecule has 384 valence electrons. The highest BCUT2D eigenvalue weighted by Gasteiger charge is 2.38. The summed E-state index contributed by atoms with van der Waals surface area (Å²) in [5.74, 6) is -1.57. The quantitative estimate of drug-likeness (QED) is 0.107. The van der Waals surface area contributed by atoms with Crippen LogP contribution in [-0.2, 0) is 51.3 Å². The van der Waals surface area contributed by atoms with E-state index in [9.17, 15) is 28.8 Å². The zero-order valence-corrected chi connectivity index (χ0v) is 43.8. The van der Waals surface area contributed by atoms with Crippen molar-refractivity contribution in [3.05, 3.63) is 71.8 Å². The van der Waals surface area contributed by atoms with Gasteiger partial charge in [-0.2, -0.15) is 0 Å². The van der Waals surface area contributed by atoms with E-state index >= 15 is 0 Å². The summed E-state index contributed by atoms with van der Waals surface area (Å²) < 4.78 is 21.4. The number of likely N-dealkylation sites (N-methyl/N-ethyl adjacent to an activating group) is 4. The van der Waals surface area contributed by atoms with Gasteiger partial charge in [-0.15, -0.1) is 12.4 Å². The minimum absolute atomic E-state index is 0. The normalized spacial score (nSPS) is 12.8. The van der Waals surface area contributed by atoms with Crippen LogP contribution >= 0.6 is 12.4 Å². The largest absolute Gasteiger partial charge is 0.480 e. The molecule has 0 aliphatic rings. The molecule has 0 aliphatic carbocycles. The highest BCUT2D eigenvalue weighted by Crippen LogP contribution is 2.21. The summed E-state index contributed by atoms with van der Waals surface area (Å²) in [5, 5.41) is 12.1. The maximum Gasteiger partial charge on any atom is 0.410 e. The number of nitrogens with one attached hydrogen (secondary N) is 1. The third-order valence-electron chi connectivity index (χ3n) is 9.57. The fraction of sp³-hybridized carbons (Fsp3) is 0.647. The number of halogens is 1. The molecule has 0 aromatic heterocycles. The molecule has 0 saturated heterocycles. The van der Waals surface area contributed by atoms with Gasteiger partial charge in [-0.1, -0.05) is 123 Å². The maximum absolute atomic E-state index is 13.5. The molecule has 2 N–H and O–H groups in total. The van der Waals surface area contributed by atoms with Gasteiger partial charge < -0.3 is 34.3 Å². The molecule has 0 saturated carbocycles. The lowest BCUT2D eigenvalue weighted by Gasteiger charge is -2.36. The molecule has 0 aliphatic heterocycles. The molecule has 0 fully saturated rings. The van der Waals surface area contributed by atoms with E-state index in [1.807, 2.05) is 116 Å². The van der Waals surface area contributed by atoms with Crippen molar-refractivity contribution in [1.29, 1.82) is 0 Å². The first-order valence-corrected chi connectivity index (χ1v) is 22.4. The molecule has 15 nitrogen and oxygen atoms in total. The molecule has 3 amide bonds. The van der Waals surface area contributed by atoms with E-state index in [0.29, 0.717) is 19.4 Å². The highest BCUT2D eigenvalue weighted by molar-refractivity contribution is 5.89. The predicted octanol–water partition coefficient (Wildman–Crippen LogP) is 9.88. The van der Waals surface area contributed by atoms with E-state index in [1.165, 1.54) is 16.8 Å². The minimum atomic E-state index is -1.01. The summed E-state index contributed by atoms with van der Waals surface area (Å²) in [5.41, 5.74) is 0.588. The fourth-order valence-electron chi connectivity index (χ4n) is 6.27. The summed E-state index contributed by atoms with van der Waals surface area (Å²) in [6, 6.07) is 16.5. The number of aliphatic carboxylic acids is 1. The number of ether oxygens (including phenoxy) is 4. The number of amides is 3. The molecule has 2 aromatic carbocycles. The van der Waals surface area contributed by atoms with Gasteiger partial charge in [0, 0.05) is 21.1 Å². The lowest BCUT2D eigenvalue weighted by molar-refractivity contribution is -0.158. The second-order valence-corrected chi connectivity index (χ2v) is 19.6. The molecule has 0 bridgehead atoms. The number of carbonyl (C=O) groups is 6. The first-order valence-electron chi connectivity index (χ1n) is 22.4. The topological polar surface area (TPSA) is 181 Å². The second-order valence-electron chi connectivity index (χ2n) is 19.6. The monoisotopic (exact) mass is 967 g/mol. The van der Waals surface area contributed by atoms with Gasteiger partial charge in [0.15, 0.2) is 0 Å². The van der Waals surface area contributed by atoms with Gasteiger partial charge >= 0.3 is 30.1 Å². The zero-order chi connectivity index (χ0) is 50.4. The van der Waals surface area contributed by atoms with Crippen LogP contribution in [0.5, 0.6) is 0 Å². The van der Waals surface area contributed by atoms with Crippen molar-refractivity contribution < 1.29 is 52.8 Å². The Balaban J connectivity index is -0.000000991. The molecule has 4 atom stereocenters. The lowest BCUT2D eigenvalue weighted by atomic mass is 9.98. The third kappa shape index (κ3) is 26.9. The van der Waals surface area contributed by atoms with E-state index in [2.05, 4.69) is 5.32 Å². The molecular formula is C51H87ClN4O11. The molecule has 0 unspecified atom stereocenters. The number of hydrogen-bond donors (Lipinski definition) is 2. The van der Waals surface area contributed by atoms with Crippen molar-refractivity contribution >= 4 is 48.4 Å². The highest BCUT2D eigenvalue weighted by atomic mass is 35.5. The van der Waals surface area contributed by atoms with Gasteiger partial charge in [0.25, 0.3) is 0 Å². The average molecular weight is 968 g/mol. The number of carboxylic acids is 1. The number of rotatable bonds is 18.